The fourth-order valence-corrected chi connectivity index (χ4v) is 2.64. The van der Waals surface area contributed by atoms with Gasteiger partial charge in [-0.25, -0.2) is 0 Å². The number of carbonyl (C=O) groups excluding carboxylic acids is 1. The molecule has 21 heavy (non-hydrogen) atoms. The van der Waals surface area contributed by atoms with E-state index in [2.05, 4.69) is 26.6 Å². The monoisotopic (exact) mass is 366 g/mol. The lowest BCUT2D eigenvalue weighted by Crippen LogP contribution is -2.49. The summed E-state index contributed by atoms with van der Waals surface area (Å²) in [7, 11) is 1.38. The molecule has 1 heterocycles. The molecule has 0 spiro atoms. The van der Waals surface area contributed by atoms with Crippen LogP contribution >= 0.6 is 15.9 Å². The van der Waals surface area contributed by atoms with Crippen LogP contribution in [0.2, 0.25) is 0 Å². The van der Waals surface area contributed by atoms with Gasteiger partial charge in [0.2, 0.25) is 5.91 Å². The highest BCUT2D eigenvalue weighted by molar-refractivity contribution is 9.10. The van der Waals surface area contributed by atoms with Gasteiger partial charge in [0.1, 0.15) is 5.75 Å². The number of halogens is 4. The quantitative estimate of drug-likeness (QED) is 0.864. The third-order valence-electron chi connectivity index (χ3n) is 3.54. The first-order valence-corrected chi connectivity index (χ1v) is 7.02. The van der Waals surface area contributed by atoms with E-state index in [9.17, 15) is 18.0 Å². The van der Waals surface area contributed by atoms with Crippen LogP contribution in [-0.2, 0) is 4.79 Å². The van der Waals surface area contributed by atoms with Crippen molar-refractivity contribution in [2.75, 3.05) is 25.5 Å². The minimum atomic E-state index is -4.61. The summed E-state index contributed by atoms with van der Waals surface area (Å²) in [6, 6.07) is 4.74. The molecule has 1 aromatic carbocycles. The van der Waals surface area contributed by atoms with Gasteiger partial charge in [-0.3, -0.25) is 4.79 Å². The van der Waals surface area contributed by atoms with E-state index in [4.69, 9.17) is 4.74 Å². The molecule has 116 valence electrons. The number of ether oxygens (including phenoxy) is 1. The lowest BCUT2D eigenvalue weighted by molar-refractivity contribution is -0.213. The first kappa shape index (κ1) is 16.1. The Morgan fingerprint density at radius 1 is 1.48 bits per heavy atom. The third kappa shape index (κ3) is 3.01. The van der Waals surface area contributed by atoms with Crippen LogP contribution < -0.4 is 15.4 Å². The van der Waals surface area contributed by atoms with Crippen molar-refractivity contribution < 1.29 is 22.7 Å². The first-order valence-electron chi connectivity index (χ1n) is 6.22. The Kier molecular flexibility index (Phi) is 4.48. The highest BCUT2D eigenvalue weighted by Crippen LogP contribution is 2.44. The molecule has 0 aliphatic carbocycles. The molecule has 2 N–H and O–H groups in total. The summed E-state index contributed by atoms with van der Waals surface area (Å²) < 4.78 is 45.5. The van der Waals surface area contributed by atoms with Crippen molar-refractivity contribution >= 4 is 27.5 Å². The molecule has 2 rings (SSSR count). The van der Waals surface area contributed by atoms with Crippen molar-refractivity contribution in [1.29, 1.82) is 0 Å². The maximum Gasteiger partial charge on any atom is 0.404 e. The van der Waals surface area contributed by atoms with Crippen molar-refractivity contribution in [2.24, 2.45) is 5.41 Å². The molecule has 1 amide bonds. The van der Waals surface area contributed by atoms with Crippen LogP contribution in [-0.4, -0.2) is 32.3 Å². The maximum atomic E-state index is 13.3. The van der Waals surface area contributed by atoms with E-state index in [0.717, 1.165) is 0 Å². The van der Waals surface area contributed by atoms with E-state index in [1.165, 1.54) is 13.2 Å². The van der Waals surface area contributed by atoms with Gasteiger partial charge in [-0.2, -0.15) is 13.2 Å². The SMILES string of the molecule is COc1ccc(Br)cc1NC(=O)C1(C(F)(F)F)CCNC1. The van der Waals surface area contributed by atoms with E-state index in [-0.39, 0.29) is 18.7 Å². The molecule has 0 aromatic heterocycles. The summed E-state index contributed by atoms with van der Waals surface area (Å²) in [5, 5.41) is 4.94. The Morgan fingerprint density at radius 2 is 2.19 bits per heavy atom. The van der Waals surface area contributed by atoms with E-state index in [1.54, 1.807) is 12.1 Å². The number of nitrogens with one attached hydrogen (secondary N) is 2. The van der Waals surface area contributed by atoms with E-state index in [0.29, 0.717) is 10.2 Å². The number of hydrogen-bond donors (Lipinski definition) is 2. The molecule has 8 heteroatoms. The van der Waals surface area contributed by atoms with Gasteiger partial charge >= 0.3 is 6.18 Å². The molecule has 0 saturated carbocycles. The highest BCUT2D eigenvalue weighted by atomic mass is 79.9. The molecule has 4 nitrogen and oxygen atoms in total. The molecular formula is C13H14BrF3N2O2. The Balaban J connectivity index is 2.30. The lowest BCUT2D eigenvalue weighted by atomic mass is 9.85. The number of benzene rings is 1. The van der Waals surface area contributed by atoms with Crippen LogP contribution in [0, 0.1) is 5.41 Å². The molecule has 1 aromatic rings. The van der Waals surface area contributed by atoms with Gasteiger partial charge in [0.15, 0.2) is 5.41 Å². The molecule has 1 unspecified atom stereocenters. The van der Waals surface area contributed by atoms with Crippen molar-refractivity contribution in [1.82, 2.24) is 5.32 Å². The third-order valence-corrected chi connectivity index (χ3v) is 4.04. The predicted octanol–water partition coefficient (Wildman–Crippen LogP) is 2.94. The number of anilines is 1. The minimum Gasteiger partial charge on any atom is -0.495 e. The molecule has 0 radical (unpaired) electrons. The number of alkyl halides is 3. The zero-order valence-corrected chi connectivity index (χ0v) is 12.8. The molecule has 1 saturated heterocycles. The topological polar surface area (TPSA) is 50.4 Å². The molecule has 0 bridgehead atoms. The number of methoxy groups -OCH3 is 1. The average molecular weight is 367 g/mol. The second-order valence-electron chi connectivity index (χ2n) is 4.81. The van der Waals surface area contributed by atoms with Crippen molar-refractivity contribution in [3.63, 3.8) is 0 Å². The van der Waals surface area contributed by atoms with E-state index < -0.39 is 24.0 Å². The van der Waals surface area contributed by atoms with Crippen molar-refractivity contribution in [3.05, 3.63) is 22.7 Å². The summed E-state index contributed by atoms with van der Waals surface area (Å²) in [6.45, 7) is -0.263. The Morgan fingerprint density at radius 3 is 2.71 bits per heavy atom. The lowest BCUT2D eigenvalue weighted by Gasteiger charge is -2.29. The summed E-state index contributed by atoms with van der Waals surface area (Å²) in [6.07, 6.45) is -4.89. The van der Waals surface area contributed by atoms with Crippen LogP contribution in [0.5, 0.6) is 5.75 Å². The van der Waals surface area contributed by atoms with Crippen LogP contribution in [0.15, 0.2) is 22.7 Å². The minimum absolute atomic E-state index is 0.155. The molecule has 1 atom stereocenters. The zero-order chi connectivity index (χ0) is 15.7. The Labute approximate surface area is 128 Å². The largest absolute Gasteiger partial charge is 0.495 e. The summed E-state index contributed by atoms with van der Waals surface area (Å²) in [4.78, 5) is 12.2. The fourth-order valence-electron chi connectivity index (χ4n) is 2.28. The highest BCUT2D eigenvalue weighted by Gasteiger charge is 2.61. The summed E-state index contributed by atoms with van der Waals surface area (Å²) >= 11 is 3.21. The second kappa shape index (κ2) is 5.84. The maximum absolute atomic E-state index is 13.3. The standard InChI is InChI=1S/C13H14BrF3N2O2/c1-21-10-3-2-8(14)6-9(10)19-11(20)12(13(15,16)17)4-5-18-7-12/h2-3,6,18H,4-5,7H2,1H3,(H,19,20). The van der Waals surface area contributed by atoms with E-state index >= 15 is 0 Å². The molecular weight excluding hydrogens is 353 g/mol. The van der Waals surface area contributed by atoms with Gasteiger partial charge in [-0.05, 0) is 31.2 Å². The van der Waals surface area contributed by atoms with Crippen molar-refractivity contribution in [2.45, 2.75) is 12.6 Å². The van der Waals surface area contributed by atoms with Gasteiger partial charge in [0.25, 0.3) is 0 Å². The van der Waals surface area contributed by atoms with Gasteiger partial charge in [0.05, 0.1) is 12.8 Å². The molecule has 1 aliphatic heterocycles. The number of amides is 1. The second-order valence-corrected chi connectivity index (χ2v) is 5.72. The van der Waals surface area contributed by atoms with Crippen LogP contribution in [0.3, 0.4) is 0 Å². The molecule has 1 fully saturated rings. The van der Waals surface area contributed by atoms with Gasteiger partial charge < -0.3 is 15.4 Å². The van der Waals surface area contributed by atoms with Crippen LogP contribution in [0.25, 0.3) is 0 Å². The number of carbonyl (C=O) groups is 1. The smallest absolute Gasteiger partial charge is 0.404 e. The Hall–Kier alpha value is -1.28. The van der Waals surface area contributed by atoms with Crippen molar-refractivity contribution in [3.8, 4) is 5.75 Å². The summed E-state index contributed by atoms with van der Waals surface area (Å²) in [5.74, 6) is -0.772. The first-order chi connectivity index (χ1) is 9.80. The fraction of sp³-hybridized carbons (Fsp3) is 0.462. The van der Waals surface area contributed by atoms with Gasteiger partial charge in [-0.1, -0.05) is 15.9 Å². The Bertz CT molecular complexity index is 543. The zero-order valence-electron chi connectivity index (χ0n) is 11.2. The summed E-state index contributed by atoms with van der Waals surface area (Å²) in [5.41, 5.74) is -2.20. The number of rotatable bonds is 3. The van der Waals surface area contributed by atoms with Gasteiger partial charge in [0, 0.05) is 11.0 Å². The molecule has 1 aliphatic rings. The average Bonchev–Trinajstić information content (AvgIpc) is 2.89. The van der Waals surface area contributed by atoms with Crippen LogP contribution in [0.4, 0.5) is 18.9 Å². The van der Waals surface area contributed by atoms with Gasteiger partial charge in [-0.15, -0.1) is 0 Å². The van der Waals surface area contributed by atoms with E-state index in [1.807, 2.05) is 0 Å². The normalized spacial score (nSPS) is 22.1. The number of hydrogen-bond acceptors (Lipinski definition) is 3. The predicted molar refractivity (Wildman–Crippen MR) is 75.3 cm³/mol. The van der Waals surface area contributed by atoms with Crippen LogP contribution in [0.1, 0.15) is 6.42 Å².